The predicted octanol–water partition coefficient (Wildman–Crippen LogP) is 4.75. The first-order valence-electron chi connectivity index (χ1n) is 13.7. The van der Waals surface area contributed by atoms with Gasteiger partial charge in [0.05, 0.1) is 17.4 Å². The van der Waals surface area contributed by atoms with Crippen LogP contribution < -0.4 is 10.5 Å². The van der Waals surface area contributed by atoms with Crippen molar-refractivity contribution in [2.75, 3.05) is 24.6 Å². The van der Waals surface area contributed by atoms with Gasteiger partial charge in [0.25, 0.3) is 11.5 Å². The van der Waals surface area contributed by atoms with E-state index >= 15 is 0 Å². The van der Waals surface area contributed by atoms with Crippen molar-refractivity contribution in [3.8, 4) is 6.07 Å². The number of hydrogen-bond acceptors (Lipinski definition) is 8. The molecule has 3 fully saturated rings. The zero-order valence-corrected chi connectivity index (χ0v) is 24.1. The molecule has 4 rings (SSSR count). The van der Waals surface area contributed by atoms with E-state index in [-0.39, 0.29) is 35.0 Å². The summed E-state index contributed by atoms with van der Waals surface area (Å²) in [7, 11) is 0. The minimum atomic E-state index is -0.331. The summed E-state index contributed by atoms with van der Waals surface area (Å²) in [5.41, 5.74) is 0.974. The molecule has 1 saturated carbocycles. The summed E-state index contributed by atoms with van der Waals surface area (Å²) >= 11 is 6.90. The number of nitrogens with zero attached hydrogens (tertiary/aromatic N) is 4. The number of amides is 1. The summed E-state index contributed by atoms with van der Waals surface area (Å²) in [5.74, 6) is 0.0250. The van der Waals surface area contributed by atoms with Gasteiger partial charge >= 0.3 is 5.97 Å². The molecule has 3 aliphatic rings. The highest BCUT2D eigenvalue weighted by Crippen LogP contribution is 2.40. The zero-order valence-electron chi connectivity index (χ0n) is 22.5. The highest BCUT2D eigenvalue weighted by molar-refractivity contribution is 8.26. The molecule has 1 aliphatic carbocycles. The number of unbranched alkanes of at least 4 members (excludes halogenated alkanes) is 1. The van der Waals surface area contributed by atoms with Crippen molar-refractivity contribution in [2.45, 2.75) is 84.7 Å². The lowest BCUT2D eigenvalue weighted by Crippen LogP contribution is -2.43. The Morgan fingerprint density at radius 3 is 2.61 bits per heavy atom. The third-order valence-electron chi connectivity index (χ3n) is 7.71. The lowest BCUT2D eigenvalue weighted by atomic mass is 9.96. The summed E-state index contributed by atoms with van der Waals surface area (Å²) in [6.07, 6.45) is 9.04. The second kappa shape index (κ2) is 12.5. The van der Waals surface area contributed by atoms with Gasteiger partial charge in [-0.15, -0.1) is 0 Å². The Morgan fingerprint density at radius 2 is 1.95 bits per heavy atom. The molecule has 204 valence electrons. The number of aromatic nitrogens is 1. The number of rotatable bonds is 8. The van der Waals surface area contributed by atoms with Crippen molar-refractivity contribution in [3.63, 3.8) is 0 Å². The molecule has 0 N–H and O–H groups in total. The number of anilines is 1. The maximum Gasteiger partial charge on any atom is 0.310 e. The number of ether oxygens (including phenoxy) is 1. The van der Waals surface area contributed by atoms with Crippen molar-refractivity contribution < 1.29 is 14.3 Å². The number of piperidine rings is 1. The number of hydrogen-bond donors (Lipinski definition) is 0. The minimum absolute atomic E-state index is 0.0846. The van der Waals surface area contributed by atoms with Gasteiger partial charge in [0.1, 0.15) is 21.8 Å². The Balaban J connectivity index is 1.84. The van der Waals surface area contributed by atoms with Gasteiger partial charge < -0.3 is 9.64 Å². The Bertz CT molecular complexity index is 1240. The van der Waals surface area contributed by atoms with E-state index in [4.69, 9.17) is 17.0 Å². The molecule has 0 aromatic carbocycles. The highest BCUT2D eigenvalue weighted by Gasteiger charge is 2.39. The van der Waals surface area contributed by atoms with Crippen LogP contribution >= 0.6 is 24.0 Å². The molecule has 1 amide bonds. The maximum atomic E-state index is 13.5. The molecule has 1 aromatic rings. The normalized spacial score (nSPS) is 21.4. The molecule has 0 radical (unpaired) electrons. The van der Waals surface area contributed by atoms with Crippen molar-refractivity contribution in [1.82, 2.24) is 9.47 Å². The molecular weight excluding hydrogens is 520 g/mol. The fraction of sp³-hybridized carbons (Fsp3) is 0.607. The molecule has 2 aliphatic heterocycles. The monoisotopic (exact) mass is 556 g/mol. The van der Waals surface area contributed by atoms with E-state index in [2.05, 4.69) is 17.9 Å². The number of esters is 1. The minimum Gasteiger partial charge on any atom is -0.466 e. The fourth-order valence-electron chi connectivity index (χ4n) is 5.72. The first-order chi connectivity index (χ1) is 18.3. The van der Waals surface area contributed by atoms with Gasteiger partial charge in [-0.1, -0.05) is 50.2 Å². The summed E-state index contributed by atoms with van der Waals surface area (Å²) in [6.45, 7) is 7.46. The van der Waals surface area contributed by atoms with Crippen LogP contribution in [0.1, 0.15) is 81.9 Å². The summed E-state index contributed by atoms with van der Waals surface area (Å²) in [5, 5.41) is 9.93. The number of carbonyl (C=O) groups is 2. The van der Waals surface area contributed by atoms with E-state index in [1.807, 2.05) is 6.08 Å². The van der Waals surface area contributed by atoms with Gasteiger partial charge in [-0.3, -0.25) is 23.9 Å². The van der Waals surface area contributed by atoms with Crippen LogP contribution in [0.2, 0.25) is 0 Å². The molecular formula is C28H36N4O4S2. The van der Waals surface area contributed by atoms with E-state index in [0.717, 1.165) is 51.4 Å². The second-order valence-corrected chi connectivity index (χ2v) is 11.9. The van der Waals surface area contributed by atoms with E-state index in [9.17, 15) is 19.6 Å². The van der Waals surface area contributed by atoms with Crippen LogP contribution in [0.4, 0.5) is 5.82 Å². The molecule has 1 aromatic heterocycles. The van der Waals surface area contributed by atoms with E-state index in [0.29, 0.717) is 52.4 Å². The number of pyridine rings is 1. The van der Waals surface area contributed by atoms with Crippen LogP contribution in [0.3, 0.4) is 0 Å². The van der Waals surface area contributed by atoms with E-state index in [1.165, 1.54) is 11.8 Å². The SMILES string of the molecule is CCCCn1c(N2CCCC(C(=O)OCC)C2)c(/C=C2\SC(=S)N(C3CCCC3)C2=O)c(C)c(C#N)c1=O. The number of nitriles is 1. The number of carbonyl (C=O) groups excluding carboxylic acids is 2. The van der Waals surface area contributed by atoms with Crippen LogP contribution in [-0.4, -0.2) is 51.4 Å². The van der Waals surface area contributed by atoms with Crippen LogP contribution in [0, 0.1) is 24.2 Å². The van der Waals surface area contributed by atoms with Gasteiger partial charge in [-0.2, -0.15) is 5.26 Å². The van der Waals surface area contributed by atoms with Crippen LogP contribution in [0.25, 0.3) is 6.08 Å². The zero-order chi connectivity index (χ0) is 27.4. The van der Waals surface area contributed by atoms with Crippen molar-refractivity contribution in [3.05, 3.63) is 31.9 Å². The van der Waals surface area contributed by atoms with Gasteiger partial charge in [0, 0.05) is 31.2 Å². The average Bonchev–Trinajstić information content (AvgIpc) is 3.52. The third kappa shape index (κ3) is 5.55. The summed E-state index contributed by atoms with van der Waals surface area (Å²) < 4.78 is 7.55. The third-order valence-corrected chi connectivity index (χ3v) is 9.04. The van der Waals surface area contributed by atoms with Crippen LogP contribution in [-0.2, 0) is 20.9 Å². The van der Waals surface area contributed by atoms with Gasteiger partial charge in [-0.25, -0.2) is 0 Å². The summed E-state index contributed by atoms with van der Waals surface area (Å²) in [4.78, 5) is 44.0. The van der Waals surface area contributed by atoms with Crippen molar-refractivity contribution >= 4 is 52.1 Å². The average molecular weight is 557 g/mol. The van der Waals surface area contributed by atoms with E-state index < -0.39 is 0 Å². The lowest BCUT2D eigenvalue weighted by molar-refractivity contribution is -0.148. The molecule has 8 nitrogen and oxygen atoms in total. The smallest absolute Gasteiger partial charge is 0.310 e. The lowest BCUT2D eigenvalue weighted by Gasteiger charge is -2.36. The van der Waals surface area contributed by atoms with Gasteiger partial charge in [-0.05, 0) is 57.6 Å². The van der Waals surface area contributed by atoms with Crippen LogP contribution in [0.15, 0.2) is 9.70 Å². The Hall–Kier alpha value is -2.64. The van der Waals surface area contributed by atoms with Crippen molar-refractivity contribution in [1.29, 1.82) is 5.26 Å². The molecule has 1 unspecified atom stereocenters. The molecule has 10 heteroatoms. The van der Waals surface area contributed by atoms with Crippen molar-refractivity contribution in [2.24, 2.45) is 5.92 Å². The maximum absolute atomic E-state index is 13.5. The van der Waals surface area contributed by atoms with E-state index in [1.54, 1.807) is 23.3 Å². The first-order valence-corrected chi connectivity index (χ1v) is 14.9. The Kier molecular flexibility index (Phi) is 9.32. The molecule has 0 bridgehead atoms. The van der Waals surface area contributed by atoms with Crippen LogP contribution in [0.5, 0.6) is 0 Å². The fourth-order valence-corrected chi connectivity index (χ4v) is 7.10. The predicted molar refractivity (Wildman–Crippen MR) is 154 cm³/mol. The van der Waals surface area contributed by atoms with Gasteiger partial charge in [0.2, 0.25) is 0 Å². The largest absolute Gasteiger partial charge is 0.466 e. The number of thiocarbonyl (C=S) groups is 1. The molecule has 2 saturated heterocycles. The second-order valence-electron chi connectivity index (χ2n) is 10.2. The first kappa shape index (κ1) is 28.4. The summed E-state index contributed by atoms with van der Waals surface area (Å²) in [6, 6.07) is 2.24. The quantitative estimate of drug-likeness (QED) is 0.257. The van der Waals surface area contributed by atoms with Gasteiger partial charge in [0.15, 0.2) is 0 Å². The highest BCUT2D eigenvalue weighted by atomic mass is 32.2. The molecule has 1 atom stereocenters. The molecule has 38 heavy (non-hydrogen) atoms. The topological polar surface area (TPSA) is 95.6 Å². The Morgan fingerprint density at radius 1 is 1.21 bits per heavy atom. The number of thioether (sulfide) groups is 1. The molecule has 0 spiro atoms. The molecule has 3 heterocycles. The standard InChI is InChI=1S/C28H36N4O4S2/c1-4-6-14-31-24(30-13-9-10-19(17-30)27(35)36-5-2)21(18(3)22(16-29)25(31)33)15-23-26(34)32(28(37)38-23)20-11-7-8-12-20/h15,19-20H,4-14,17H2,1-3H3/b23-15-. The Labute approximate surface area is 234 Å².